The Balaban J connectivity index is 2.47. The number of aliphatic hydroxyl groups excluding tert-OH is 7. The number of unbranched alkanes of at least 4 members (excludes halogenated alkanes) is 22. The number of carbonyl (C=O) groups excluding carboxylic acids is 1. The molecule has 1 saturated heterocycles. The fraction of sp³-hybridized carbons (Fsp3) is 0.891. The average molecular weight is 814 g/mol. The Morgan fingerprint density at radius 2 is 1.05 bits per heavy atom. The van der Waals surface area contributed by atoms with Crippen LogP contribution in [0.25, 0.3) is 0 Å². The molecule has 0 radical (unpaired) electrons. The minimum atomic E-state index is -1.67. The van der Waals surface area contributed by atoms with E-state index in [4.69, 9.17) is 9.47 Å². The van der Waals surface area contributed by atoms with Crippen molar-refractivity contribution in [3.05, 3.63) is 24.3 Å². The third-order valence-electron chi connectivity index (χ3n) is 11.2. The van der Waals surface area contributed by atoms with Crippen LogP contribution in [0, 0.1) is 0 Å². The standard InChI is InChI=1S/C46H87NO10/c1-3-5-7-9-11-13-15-17-18-19-20-22-24-26-28-30-32-34-39(50)45(55)47-37(36-56-46-44(54)43(53)42(52)40(35-48)57-46)41(51)38(49)33-31-29-27-25-23-21-16-14-12-10-8-6-4-2/h14,16,25,27,37-44,46,48-54H,3-13,15,17-24,26,28-36H2,1-2H3,(H,47,55)/b16-14+,27-25+. The number of amides is 1. The van der Waals surface area contributed by atoms with Crippen molar-refractivity contribution >= 4 is 5.91 Å². The van der Waals surface area contributed by atoms with E-state index in [0.717, 1.165) is 38.5 Å². The summed E-state index contributed by atoms with van der Waals surface area (Å²) in [6, 6.07) is -1.19. The van der Waals surface area contributed by atoms with Crippen molar-refractivity contribution < 1.29 is 50.0 Å². The molecule has 9 unspecified atom stereocenters. The number of hydrogen-bond acceptors (Lipinski definition) is 10. The van der Waals surface area contributed by atoms with Gasteiger partial charge in [-0.05, 0) is 51.4 Å². The fourth-order valence-corrected chi connectivity index (χ4v) is 7.34. The Morgan fingerprint density at radius 1 is 0.596 bits per heavy atom. The van der Waals surface area contributed by atoms with Crippen LogP contribution < -0.4 is 5.32 Å². The Kier molecular flexibility index (Phi) is 34.3. The van der Waals surface area contributed by atoms with Crippen LogP contribution in [0.3, 0.4) is 0 Å². The first-order valence-corrected chi connectivity index (χ1v) is 23.2. The van der Waals surface area contributed by atoms with Crippen molar-refractivity contribution in [3.8, 4) is 0 Å². The summed E-state index contributed by atoms with van der Waals surface area (Å²) in [5.74, 6) is -0.710. The Labute approximate surface area is 346 Å². The van der Waals surface area contributed by atoms with E-state index in [0.29, 0.717) is 19.3 Å². The molecule has 0 spiro atoms. The second kappa shape index (κ2) is 36.4. The summed E-state index contributed by atoms with van der Waals surface area (Å²) in [6.07, 6.45) is 28.0. The number of hydrogen-bond donors (Lipinski definition) is 8. The highest BCUT2D eigenvalue weighted by Crippen LogP contribution is 2.23. The topological polar surface area (TPSA) is 189 Å². The molecule has 0 saturated carbocycles. The van der Waals surface area contributed by atoms with Crippen LogP contribution in [-0.2, 0) is 14.3 Å². The van der Waals surface area contributed by atoms with Crippen molar-refractivity contribution in [2.24, 2.45) is 0 Å². The van der Waals surface area contributed by atoms with Gasteiger partial charge in [0.1, 0.15) is 36.6 Å². The minimum Gasteiger partial charge on any atom is -0.394 e. The average Bonchev–Trinajstić information content (AvgIpc) is 3.21. The second-order valence-corrected chi connectivity index (χ2v) is 16.5. The summed E-state index contributed by atoms with van der Waals surface area (Å²) < 4.78 is 11.1. The molecule has 9 atom stereocenters. The van der Waals surface area contributed by atoms with Crippen LogP contribution in [0.15, 0.2) is 24.3 Å². The fourth-order valence-electron chi connectivity index (χ4n) is 7.34. The van der Waals surface area contributed by atoms with Crippen LogP contribution in [0.4, 0.5) is 0 Å². The van der Waals surface area contributed by atoms with Crippen molar-refractivity contribution in [1.29, 1.82) is 0 Å². The lowest BCUT2D eigenvalue weighted by Crippen LogP contribution is -2.60. The van der Waals surface area contributed by atoms with E-state index >= 15 is 0 Å². The normalized spacial score (nSPS) is 22.3. The van der Waals surface area contributed by atoms with Gasteiger partial charge in [0.25, 0.3) is 0 Å². The third-order valence-corrected chi connectivity index (χ3v) is 11.2. The van der Waals surface area contributed by atoms with E-state index in [9.17, 15) is 40.5 Å². The van der Waals surface area contributed by atoms with Gasteiger partial charge in [-0.2, -0.15) is 0 Å². The molecule has 1 heterocycles. The third kappa shape index (κ3) is 26.4. The van der Waals surface area contributed by atoms with Crippen LogP contribution >= 0.6 is 0 Å². The van der Waals surface area contributed by atoms with E-state index < -0.39 is 74.2 Å². The monoisotopic (exact) mass is 814 g/mol. The molecule has 0 aromatic heterocycles. The molecule has 1 aliphatic heterocycles. The van der Waals surface area contributed by atoms with Crippen LogP contribution in [0.2, 0.25) is 0 Å². The summed E-state index contributed by atoms with van der Waals surface area (Å²) in [6.45, 7) is 3.39. The van der Waals surface area contributed by atoms with Crippen molar-refractivity contribution in [3.63, 3.8) is 0 Å². The number of carbonyl (C=O) groups is 1. The zero-order chi connectivity index (χ0) is 41.9. The largest absolute Gasteiger partial charge is 0.394 e. The van der Waals surface area contributed by atoms with E-state index in [1.54, 1.807) is 0 Å². The molecule has 0 bridgehead atoms. The summed E-state index contributed by atoms with van der Waals surface area (Å²) >= 11 is 0. The lowest BCUT2D eigenvalue weighted by atomic mass is 9.98. The van der Waals surface area contributed by atoms with Gasteiger partial charge >= 0.3 is 0 Å². The van der Waals surface area contributed by atoms with Gasteiger partial charge in [-0.3, -0.25) is 4.79 Å². The number of aliphatic hydroxyl groups is 7. The highest BCUT2D eigenvalue weighted by Gasteiger charge is 2.44. The van der Waals surface area contributed by atoms with Crippen LogP contribution in [0.5, 0.6) is 0 Å². The quantitative estimate of drug-likeness (QED) is 0.0230. The first kappa shape index (κ1) is 53.6. The Hall–Kier alpha value is -1.41. The predicted octanol–water partition coefficient (Wildman–Crippen LogP) is 7.45. The molecule has 8 N–H and O–H groups in total. The second-order valence-electron chi connectivity index (χ2n) is 16.5. The number of rotatable bonds is 38. The van der Waals surface area contributed by atoms with Gasteiger partial charge in [0, 0.05) is 0 Å². The molecule has 1 rings (SSSR count). The molecule has 1 aliphatic rings. The van der Waals surface area contributed by atoms with Crippen molar-refractivity contribution in [1.82, 2.24) is 5.32 Å². The number of ether oxygens (including phenoxy) is 2. The molecule has 336 valence electrons. The molecule has 1 fully saturated rings. The van der Waals surface area contributed by atoms with E-state index in [-0.39, 0.29) is 12.8 Å². The lowest BCUT2D eigenvalue weighted by Gasteiger charge is -2.40. The lowest BCUT2D eigenvalue weighted by molar-refractivity contribution is -0.303. The molecule has 11 nitrogen and oxygen atoms in total. The predicted molar refractivity (Wildman–Crippen MR) is 229 cm³/mol. The van der Waals surface area contributed by atoms with E-state index in [1.165, 1.54) is 109 Å². The highest BCUT2D eigenvalue weighted by molar-refractivity contribution is 5.80. The van der Waals surface area contributed by atoms with Gasteiger partial charge in [-0.25, -0.2) is 0 Å². The zero-order valence-electron chi connectivity index (χ0n) is 36.1. The van der Waals surface area contributed by atoms with Crippen LogP contribution in [-0.4, -0.2) is 110 Å². The summed E-state index contributed by atoms with van der Waals surface area (Å²) in [5, 5.41) is 75.5. The minimum absolute atomic E-state index is 0.247. The molecule has 11 heteroatoms. The molecule has 0 aromatic carbocycles. The maximum absolute atomic E-state index is 13.1. The molecule has 0 aromatic rings. The molecule has 57 heavy (non-hydrogen) atoms. The van der Waals surface area contributed by atoms with Crippen molar-refractivity contribution in [2.45, 2.75) is 249 Å². The zero-order valence-corrected chi connectivity index (χ0v) is 36.1. The van der Waals surface area contributed by atoms with Gasteiger partial charge < -0.3 is 50.5 Å². The van der Waals surface area contributed by atoms with E-state index in [1.807, 2.05) is 0 Å². The molecule has 1 amide bonds. The first-order valence-electron chi connectivity index (χ1n) is 23.2. The first-order chi connectivity index (χ1) is 27.7. The summed E-state index contributed by atoms with van der Waals surface area (Å²) in [5.41, 5.74) is 0. The van der Waals surface area contributed by atoms with Gasteiger partial charge in [0.15, 0.2) is 6.29 Å². The maximum atomic E-state index is 13.1. The summed E-state index contributed by atoms with van der Waals surface area (Å²) in [4.78, 5) is 13.1. The molecular formula is C46H87NO10. The maximum Gasteiger partial charge on any atom is 0.249 e. The van der Waals surface area contributed by atoms with Gasteiger partial charge in [0.2, 0.25) is 5.91 Å². The Bertz CT molecular complexity index is 981. The van der Waals surface area contributed by atoms with Gasteiger partial charge in [-0.1, -0.05) is 167 Å². The number of nitrogens with one attached hydrogen (secondary N) is 1. The highest BCUT2D eigenvalue weighted by atomic mass is 16.7. The van der Waals surface area contributed by atoms with Crippen LogP contribution in [0.1, 0.15) is 194 Å². The smallest absolute Gasteiger partial charge is 0.249 e. The van der Waals surface area contributed by atoms with Gasteiger partial charge in [0.05, 0.1) is 25.4 Å². The van der Waals surface area contributed by atoms with Crippen molar-refractivity contribution in [2.75, 3.05) is 13.2 Å². The Morgan fingerprint density at radius 3 is 1.56 bits per heavy atom. The molecular weight excluding hydrogens is 727 g/mol. The summed E-state index contributed by atoms with van der Waals surface area (Å²) in [7, 11) is 0. The van der Waals surface area contributed by atoms with E-state index in [2.05, 4.69) is 43.5 Å². The van der Waals surface area contributed by atoms with Gasteiger partial charge in [-0.15, -0.1) is 0 Å². The SMILES string of the molecule is CCCCCC/C=C/CC/C=C/CCCC(O)C(O)C(COC1OC(CO)C(O)C(O)C1O)NC(=O)C(O)CCCCCCCCCCCCCCCCCCC. The molecule has 0 aliphatic carbocycles. The number of allylic oxidation sites excluding steroid dienone is 4.